The minimum Gasteiger partial charge on any atom is -0.412 e. The molecule has 0 heterocycles. The maximum Gasteiger partial charge on any atom is 0.538 e. The number of rotatable bonds is 6. The third-order valence-electron chi connectivity index (χ3n) is 0.984. The Balaban J connectivity index is -0.000000282. The molecule has 17 heavy (non-hydrogen) atoms. The lowest BCUT2D eigenvalue weighted by Gasteiger charge is -2.15. The van der Waals surface area contributed by atoms with Crippen molar-refractivity contribution in [2.24, 2.45) is 0 Å². The Hall–Kier alpha value is -0.280. The highest BCUT2D eigenvalue weighted by Gasteiger charge is 2.36. The molecule has 0 spiro atoms. The van der Waals surface area contributed by atoms with Gasteiger partial charge in [0.25, 0.3) is 0 Å². The van der Waals surface area contributed by atoms with Gasteiger partial charge in [-0.15, -0.1) is 0 Å². The summed E-state index contributed by atoms with van der Waals surface area (Å²) in [6.07, 6.45) is 2.42. The molecule has 12 heteroatoms. The highest BCUT2D eigenvalue weighted by Crippen LogP contribution is 2.62. The lowest BCUT2D eigenvalue weighted by atomic mass is 10.8. The van der Waals surface area contributed by atoms with E-state index in [2.05, 4.69) is 17.9 Å². The second kappa shape index (κ2) is 10.8. The van der Waals surface area contributed by atoms with E-state index in [9.17, 15) is 9.13 Å². The van der Waals surface area contributed by atoms with E-state index < -0.39 is 15.6 Å². The predicted molar refractivity (Wildman–Crippen MR) is 63.5 cm³/mol. The zero-order chi connectivity index (χ0) is 11.2. The summed E-state index contributed by atoms with van der Waals surface area (Å²) in [5.41, 5.74) is 0. The van der Waals surface area contributed by atoms with Gasteiger partial charge in [-0.3, -0.25) is 9.05 Å². The molecule has 0 aliphatic carbocycles. The van der Waals surface area contributed by atoms with Crippen LogP contribution in [0.25, 0.3) is 0 Å². The van der Waals surface area contributed by atoms with E-state index in [4.69, 9.17) is 4.89 Å². The van der Waals surface area contributed by atoms with Gasteiger partial charge in [0.05, 0.1) is 6.26 Å². The van der Waals surface area contributed by atoms with E-state index in [1.165, 1.54) is 6.08 Å². The van der Waals surface area contributed by atoms with E-state index in [1.54, 1.807) is 6.92 Å². The van der Waals surface area contributed by atoms with Crippen LogP contribution in [0, 0.1) is 0 Å². The highest BCUT2D eigenvalue weighted by molar-refractivity contribution is 7.61. The summed E-state index contributed by atoms with van der Waals surface area (Å²) in [6.45, 7) is 1.59. The highest BCUT2D eigenvalue weighted by atomic mass is 31.3. The van der Waals surface area contributed by atoms with Crippen molar-refractivity contribution in [2.75, 3.05) is 14.2 Å². The van der Waals surface area contributed by atoms with Crippen LogP contribution in [-0.4, -0.2) is 19.1 Å². The van der Waals surface area contributed by atoms with Gasteiger partial charge in [0.1, 0.15) is 0 Å². The minimum atomic E-state index is -4.40. The molecule has 2 atom stereocenters. The maximum absolute atomic E-state index is 11.4. The zero-order valence-corrected chi connectivity index (χ0v) is 11.9. The quantitative estimate of drug-likeness (QED) is 0.417. The van der Waals surface area contributed by atoms with Crippen molar-refractivity contribution in [3.63, 3.8) is 0 Å². The van der Waals surface area contributed by atoms with Gasteiger partial charge in [0.2, 0.25) is 0 Å². The molecule has 0 aromatic rings. The Morgan fingerprint density at radius 3 is 1.82 bits per heavy atom. The van der Waals surface area contributed by atoms with Crippen LogP contribution in [-0.2, 0) is 27.0 Å². The Kier molecular flexibility index (Phi) is 16.3. The molecule has 0 aromatic carbocycles. The van der Waals surface area contributed by atoms with Crippen LogP contribution in [0.1, 0.15) is 6.92 Å². The first-order valence-corrected chi connectivity index (χ1v) is 6.40. The molecule has 0 aliphatic rings. The van der Waals surface area contributed by atoms with Crippen LogP contribution in [0.3, 0.4) is 0 Å². The van der Waals surface area contributed by atoms with Crippen molar-refractivity contribution in [3.05, 3.63) is 12.3 Å². The summed E-state index contributed by atoms with van der Waals surface area (Å²) in [7, 11) is -6.54. The summed E-state index contributed by atoms with van der Waals surface area (Å²) in [6, 6.07) is 0. The Labute approximate surface area is 100 Å². The molecule has 0 saturated carbocycles. The van der Waals surface area contributed by atoms with Crippen LogP contribution < -0.4 is 18.5 Å². The SMILES string of the molecule is CC=COP(=O)(OC)OP(=O)(O)OC.N.N.N. The van der Waals surface area contributed by atoms with Crippen LogP contribution >= 0.6 is 15.6 Å². The molecule has 0 radical (unpaired) electrons. The van der Waals surface area contributed by atoms with Gasteiger partial charge in [-0.2, -0.15) is 4.31 Å². The number of hydrogen-bond donors (Lipinski definition) is 4. The molecule has 108 valence electrons. The minimum absolute atomic E-state index is 0. The summed E-state index contributed by atoms with van der Waals surface area (Å²) in [5.74, 6) is 0. The average molecular weight is 297 g/mol. The fraction of sp³-hybridized carbons (Fsp3) is 0.600. The first kappa shape index (κ1) is 25.5. The molecule has 0 aromatic heterocycles. The van der Waals surface area contributed by atoms with Crippen molar-refractivity contribution in [2.45, 2.75) is 6.92 Å². The van der Waals surface area contributed by atoms with Crippen LogP contribution in [0.4, 0.5) is 0 Å². The zero-order valence-electron chi connectivity index (χ0n) is 10.1. The van der Waals surface area contributed by atoms with Gasteiger partial charge in [-0.1, -0.05) is 6.08 Å². The molecule has 10 N–H and O–H groups in total. The Morgan fingerprint density at radius 1 is 1.06 bits per heavy atom. The van der Waals surface area contributed by atoms with E-state index in [-0.39, 0.29) is 18.5 Å². The van der Waals surface area contributed by atoms with Crippen LogP contribution in [0.15, 0.2) is 12.3 Å². The van der Waals surface area contributed by atoms with Crippen molar-refractivity contribution < 1.29 is 31.9 Å². The fourth-order valence-electron chi connectivity index (χ4n) is 0.391. The molecule has 10 nitrogen and oxygen atoms in total. The Bertz CT molecular complexity index is 297. The molecule has 0 bridgehead atoms. The number of phosphoric acid groups is 2. The smallest absolute Gasteiger partial charge is 0.412 e. The van der Waals surface area contributed by atoms with Gasteiger partial charge >= 0.3 is 15.6 Å². The van der Waals surface area contributed by atoms with Crippen molar-refractivity contribution in [3.8, 4) is 0 Å². The van der Waals surface area contributed by atoms with Crippen molar-refractivity contribution in [1.29, 1.82) is 0 Å². The van der Waals surface area contributed by atoms with Gasteiger partial charge < -0.3 is 27.9 Å². The summed E-state index contributed by atoms with van der Waals surface area (Å²) in [5, 5.41) is 0. The average Bonchev–Trinajstić information content (AvgIpc) is 2.14. The normalized spacial score (nSPS) is 16.7. The van der Waals surface area contributed by atoms with Crippen LogP contribution in [0.2, 0.25) is 0 Å². The van der Waals surface area contributed by atoms with E-state index in [0.29, 0.717) is 0 Å². The van der Waals surface area contributed by atoms with Gasteiger partial charge in [0.15, 0.2) is 0 Å². The Morgan fingerprint density at radius 2 is 1.53 bits per heavy atom. The topological polar surface area (TPSA) is 196 Å². The number of allylic oxidation sites excluding steroid dienone is 1. The molecule has 0 rings (SSSR count). The molecular weight excluding hydrogens is 276 g/mol. The van der Waals surface area contributed by atoms with Crippen molar-refractivity contribution >= 4 is 15.6 Å². The number of hydrogen-bond acceptors (Lipinski definition) is 9. The summed E-state index contributed by atoms with van der Waals surface area (Å²) >= 11 is 0. The number of phosphoric ester groups is 2. The first-order chi connectivity index (χ1) is 6.39. The third kappa shape index (κ3) is 10.6. The standard InChI is InChI=1S/C5H12O7P2.3H3N/c1-4-5-11-14(8,10-3)12-13(6,7)9-2;;;/h4-5H,1-3H3,(H,6,7);3*1H3. The molecule has 0 amide bonds. The lowest BCUT2D eigenvalue weighted by Crippen LogP contribution is -1.94. The first-order valence-electron chi connectivity index (χ1n) is 3.44. The lowest BCUT2D eigenvalue weighted by molar-refractivity contribution is 0.181. The van der Waals surface area contributed by atoms with Crippen LogP contribution in [0.5, 0.6) is 0 Å². The summed E-state index contributed by atoms with van der Waals surface area (Å²) in [4.78, 5) is 8.84. The molecule has 2 unspecified atom stereocenters. The fourth-order valence-corrected chi connectivity index (χ4v) is 2.45. The van der Waals surface area contributed by atoms with Gasteiger partial charge in [-0.05, 0) is 6.92 Å². The monoisotopic (exact) mass is 297 g/mol. The largest absolute Gasteiger partial charge is 0.538 e. The second-order valence-electron chi connectivity index (χ2n) is 1.94. The van der Waals surface area contributed by atoms with E-state index in [1.807, 2.05) is 0 Å². The van der Waals surface area contributed by atoms with E-state index in [0.717, 1.165) is 20.5 Å². The predicted octanol–water partition coefficient (Wildman–Crippen LogP) is 2.54. The molecule has 0 aliphatic heterocycles. The molecule has 0 saturated heterocycles. The molecule has 0 fully saturated rings. The molecular formula is C5H21N3O7P2. The second-order valence-corrected chi connectivity index (χ2v) is 5.36. The summed E-state index contributed by atoms with van der Waals surface area (Å²) < 4.78 is 39.3. The van der Waals surface area contributed by atoms with Gasteiger partial charge in [-0.25, -0.2) is 9.13 Å². The van der Waals surface area contributed by atoms with Gasteiger partial charge in [0, 0.05) is 14.2 Å². The van der Waals surface area contributed by atoms with Crippen molar-refractivity contribution in [1.82, 2.24) is 18.5 Å². The third-order valence-corrected chi connectivity index (χ3v) is 3.90. The maximum atomic E-state index is 11.4. The van der Waals surface area contributed by atoms with E-state index >= 15 is 0 Å².